The maximum Gasteiger partial charge on any atom is 0.0710 e. The number of hydrogen-bond donors (Lipinski definition) is 1. The molecule has 1 spiro atoms. The van der Waals surface area contributed by atoms with Crippen LogP contribution in [-0.4, -0.2) is 25.3 Å². The minimum absolute atomic E-state index is 0.258. The summed E-state index contributed by atoms with van der Waals surface area (Å²) in [7, 11) is 0. The van der Waals surface area contributed by atoms with Crippen LogP contribution in [0.4, 0.5) is 0 Å². The number of ether oxygens (including phenoxy) is 1. The summed E-state index contributed by atoms with van der Waals surface area (Å²) in [6.45, 7) is 10.3. The summed E-state index contributed by atoms with van der Waals surface area (Å²) in [4.78, 5) is 0. The van der Waals surface area contributed by atoms with Crippen molar-refractivity contribution in [3.05, 3.63) is 0 Å². The lowest BCUT2D eigenvalue weighted by atomic mass is 9.81. The fraction of sp³-hybridized carbons (Fsp3) is 1.00. The van der Waals surface area contributed by atoms with Gasteiger partial charge in [-0.05, 0) is 56.5 Å². The van der Waals surface area contributed by atoms with Gasteiger partial charge in [0.05, 0.1) is 12.2 Å². The van der Waals surface area contributed by atoms with Gasteiger partial charge < -0.3 is 10.1 Å². The van der Waals surface area contributed by atoms with E-state index in [1.165, 1.54) is 32.1 Å². The van der Waals surface area contributed by atoms with Crippen molar-refractivity contribution in [2.24, 2.45) is 11.3 Å². The molecule has 2 aliphatic heterocycles. The van der Waals surface area contributed by atoms with Crippen LogP contribution in [0.5, 0.6) is 0 Å². The topological polar surface area (TPSA) is 21.3 Å². The largest absolute Gasteiger partial charge is 0.375 e. The Kier molecular flexibility index (Phi) is 3.60. The summed E-state index contributed by atoms with van der Waals surface area (Å²) in [5, 5.41) is 3.43. The van der Waals surface area contributed by atoms with Gasteiger partial charge >= 0.3 is 0 Å². The van der Waals surface area contributed by atoms with E-state index in [9.17, 15) is 0 Å². The van der Waals surface area contributed by atoms with Crippen LogP contribution in [0, 0.1) is 11.3 Å². The molecule has 2 heterocycles. The van der Waals surface area contributed by atoms with Crippen molar-refractivity contribution in [2.75, 3.05) is 19.7 Å². The van der Waals surface area contributed by atoms with Gasteiger partial charge in [-0.15, -0.1) is 0 Å². The molecular formula is C14H27NO. The Morgan fingerprint density at radius 3 is 2.56 bits per heavy atom. The van der Waals surface area contributed by atoms with Crippen molar-refractivity contribution >= 4 is 0 Å². The first kappa shape index (κ1) is 12.4. The lowest BCUT2D eigenvalue weighted by Crippen LogP contribution is -2.41. The lowest BCUT2D eigenvalue weighted by Gasteiger charge is -2.33. The first-order valence-corrected chi connectivity index (χ1v) is 6.84. The molecule has 0 bridgehead atoms. The summed E-state index contributed by atoms with van der Waals surface area (Å²) in [6.07, 6.45) is 6.43. The highest BCUT2D eigenvalue weighted by molar-refractivity contribution is 4.92. The quantitative estimate of drug-likeness (QED) is 0.780. The van der Waals surface area contributed by atoms with Gasteiger partial charge in [-0.3, -0.25) is 0 Å². The molecule has 0 aromatic carbocycles. The van der Waals surface area contributed by atoms with Gasteiger partial charge in [0.15, 0.2) is 0 Å². The molecule has 16 heavy (non-hydrogen) atoms. The number of hydrogen-bond acceptors (Lipinski definition) is 2. The number of nitrogens with one attached hydrogen (secondary N) is 1. The minimum Gasteiger partial charge on any atom is -0.375 e. The van der Waals surface area contributed by atoms with Gasteiger partial charge in [0.1, 0.15) is 0 Å². The minimum atomic E-state index is 0.258. The zero-order chi connectivity index (χ0) is 11.6. The fourth-order valence-corrected chi connectivity index (χ4v) is 2.99. The van der Waals surface area contributed by atoms with E-state index >= 15 is 0 Å². The van der Waals surface area contributed by atoms with E-state index < -0.39 is 0 Å². The van der Waals surface area contributed by atoms with Crippen LogP contribution in [0.25, 0.3) is 0 Å². The summed E-state index contributed by atoms with van der Waals surface area (Å²) < 4.78 is 6.12. The molecule has 0 saturated carbocycles. The Bertz CT molecular complexity index is 225. The fourth-order valence-electron chi connectivity index (χ4n) is 2.99. The van der Waals surface area contributed by atoms with Crippen LogP contribution >= 0.6 is 0 Å². The second-order valence-corrected chi connectivity index (χ2v) is 6.91. The predicted molar refractivity (Wildman–Crippen MR) is 67.6 cm³/mol. The van der Waals surface area contributed by atoms with Gasteiger partial charge in [0.25, 0.3) is 0 Å². The first-order chi connectivity index (χ1) is 7.49. The van der Waals surface area contributed by atoms with E-state index in [1.807, 2.05) is 0 Å². The van der Waals surface area contributed by atoms with Crippen molar-refractivity contribution in [1.29, 1.82) is 0 Å². The van der Waals surface area contributed by atoms with E-state index in [0.29, 0.717) is 5.41 Å². The van der Waals surface area contributed by atoms with Crippen LogP contribution in [-0.2, 0) is 4.74 Å². The van der Waals surface area contributed by atoms with Crippen molar-refractivity contribution in [3.8, 4) is 0 Å². The van der Waals surface area contributed by atoms with Crippen molar-refractivity contribution in [3.63, 3.8) is 0 Å². The maximum atomic E-state index is 6.12. The molecule has 0 aliphatic carbocycles. The predicted octanol–water partition coefficient (Wildman–Crippen LogP) is 2.97. The van der Waals surface area contributed by atoms with E-state index in [4.69, 9.17) is 4.74 Å². The van der Waals surface area contributed by atoms with Crippen molar-refractivity contribution in [2.45, 2.75) is 58.5 Å². The summed E-state index contributed by atoms with van der Waals surface area (Å²) in [5.41, 5.74) is 0.734. The average Bonchev–Trinajstić information content (AvgIpc) is 2.59. The van der Waals surface area contributed by atoms with E-state index in [1.54, 1.807) is 0 Å². The second-order valence-electron chi connectivity index (χ2n) is 6.91. The van der Waals surface area contributed by atoms with Gasteiger partial charge in [0, 0.05) is 0 Å². The Hall–Kier alpha value is -0.0800. The first-order valence-electron chi connectivity index (χ1n) is 6.84. The van der Waals surface area contributed by atoms with Crippen molar-refractivity contribution < 1.29 is 4.74 Å². The zero-order valence-corrected chi connectivity index (χ0v) is 11.1. The molecule has 2 heteroatoms. The molecule has 1 atom stereocenters. The third-order valence-electron chi connectivity index (χ3n) is 4.10. The normalized spacial score (nSPS) is 29.8. The Labute approximate surface area is 100 Å². The number of rotatable bonds is 2. The molecule has 0 radical (unpaired) electrons. The Morgan fingerprint density at radius 1 is 1.25 bits per heavy atom. The van der Waals surface area contributed by atoms with Crippen LogP contribution in [0.3, 0.4) is 0 Å². The smallest absolute Gasteiger partial charge is 0.0710 e. The third kappa shape index (κ3) is 3.21. The summed E-state index contributed by atoms with van der Waals surface area (Å²) in [6, 6.07) is 0. The lowest BCUT2D eigenvalue weighted by molar-refractivity contribution is -0.0197. The van der Waals surface area contributed by atoms with Gasteiger partial charge in [-0.2, -0.15) is 0 Å². The van der Waals surface area contributed by atoms with Crippen LogP contribution in [0.15, 0.2) is 0 Å². The number of piperidine rings is 1. The summed E-state index contributed by atoms with van der Waals surface area (Å²) in [5.74, 6) is 0.817. The molecule has 2 saturated heterocycles. The highest BCUT2D eigenvalue weighted by Crippen LogP contribution is 2.39. The molecule has 0 aromatic rings. The van der Waals surface area contributed by atoms with Crippen LogP contribution in [0.1, 0.15) is 52.9 Å². The Morgan fingerprint density at radius 2 is 1.94 bits per heavy atom. The van der Waals surface area contributed by atoms with Crippen LogP contribution in [0.2, 0.25) is 0 Å². The monoisotopic (exact) mass is 225 g/mol. The zero-order valence-electron chi connectivity index (χ0n) is 11.1. The third-order valence-corrected chi connectivity index (χ3v) is 4.10. The van der Waals surface area contributed by atoms with Gasteiger partial charge in [-0.1, -0.05) is 20.8 Å². The molecule has 2 rings (SSSR count). The molecule has 94 valence electrons. The molecular weight excluding hydrogens is 198 g/mol. The van der Waals surface area contributed by atoms with E-state index in [0.717, 1.165) is 25.6 Å². The maximum absolute atomic E-state index is 6.12. The van der Waals surface area contributed by atoms with E-state index in [-0.39, 0.29) is 5.60 Å². The SMILES string of the molecule is CC(C)(C)CCC1COC2(CCNCC2)C1. The average molecular weight is 225 g/mol. The molecule has 1 N–H and O–H groups in total. The van der Waals surface area contributed by atoms with Crippen LogP contribution < -0.4 is 5.32 Å². The molecule has 0 aromatic heterocycles. The molecule has 2 nitrogen and oxygen atoms in total. The molecule has 1 unspecified atom stereocenters. The molecule has 2 fully saturated rings. The second kappa shape index (κ2) is 4.66. The molecule has 0 amide bonds. The van der Waals surface area contributed by atoms with Crippen molar-refractivity contribution in [1.82, 2.24) is 5.32 Å². The van der Waals surface area contributed by atoms with Gasteiger partial charge in [-0.25, -0.2) is 0 Å². The molecule has 2 aliphatic rings. The standard InChI is InChI=1S/C14H27NO/c1-13(2,3)5-4-12-10-14(16-11-12)6-8-15-9-7-14/h12,15H,4-11H2,1-3H3. The highest BCUT2D eigenvalue weighted by Gasteiger charge is 2.40. The summed E-state index contributed by atoms with van der Waals surface area (Å²) >= 11 is 0. The van der Waals surface area contributed by atoms with E-state index in [2.05, 4.69) is 26.1 Å². The Balaban J connectivity index is 1.79. The van der Waals surface area contributed by atoms with Gasteiger partial charge in [0.2, 0.25) is 0 Å². The highest BCUT2D eigenvalue weighted by atomic mass is 16.5.